The van der Waals surface area contributed by atoms with Gasteiger partial charge in [-0.3, -0.25) is 9.59 Å². The Kier molecular flexibility index (Phi) is 5.51. The number of nitrogens with two attached hydrogens (primary N) is 1. The van der Waals surface area contributed by atoms with Crippen LogP contribution in [0.25, 0.3) is 0 Å². The van der Waals surface area contributed by atoms with Gasteiger partial charge in [-0.2, -0.15) is 0 Å². The van der Waals surface area contributed by atoms with Crippen LogP contribution in [0.3, 0.4) is 0 Å². The molecule has 1 fully saturated rings. The lowest BCUT2D eigenvalue weighted by Crippen LogP contribution is -2.38. The Morgan fingerprint density at radius 1 is 1.32 bits per heavy atom. The normalized spacial score (nSPS) is 15.3. The predicted molar refractivity (Wildman–Crippen MR) is 76.7 cm³/mol. The molecule has 3 N–H and O–H groups in total. The average Bonchev–Trinajstić information content (AvgIpc) is 3.19. The third-order valence-corrected chi connectivity index (χ3v) is 3.28. The van der Waals surface area contributed by atoms with Gasteiger partial charge in [-0.05, 0) is 31.7 Å². The quantitative estimate of drug-likeness (QED) is 0.809. The van der Waals surface area contributed by atoms with Crippen LogP contribution < -0.4 is 11.1 Å². The van der Waals surface area contributed by atoms with E-state index in [0.717, 1.165) is 12.8 Å². The van der Waals surface area contributed by atoms with E-state index in [1.807, 2.05) is 0 Å². The van der Waals surface area contributed by atoms with E-state index in [9.17, 15) is 9.59 Å². The van der Waals surface area contributed by atoms with Crippen LogP contribution in [0, 0.1) is 5.92 Å². The first-order chi connectivity index (χ1) is 8.59. The molecule has 5 heteroatoms. The van der Waals surface area contributed by atoms with Crippen molar-refractivity contribution in [1.82, 2.24) is 5.32 Å². The van der Waals surface area contributed by atoms with E-state index in [0.29, 0.717) is 23.6 Å². The van der Waals surface area contributed by atoms with Crippen LogP contribution in [0.1, 0.15) is 40.5 Å². The summed E-state index contributed by atoms with van der Waals surface area (Å²) in [6, 6.07) is 6.86. The Bertz CT molecular complexity index is 472. The van der Waals surface area contributed by atoms with Crippen molar-refractivity contribution in [2.75, 3.05) is 6.54 Å². The summed E-state index contributed by atoms with van der Waals surface area (Å²) in [4.78, 5) is 23.4. The third-order valence-electron chi connectivity index (χ3n) is 3.28. The number of hydrogen-bond donors (Lipinski definition) is 2. The van der Waals surface area contributed by atoms with Gasteiger partial charge in [-0.1, -0.05) is 18.2 Å². The molecule has 104 valence electrons. The highest BCUT2D eigenvalue weighted by molar-refractivity contribution is 6.07. The van der Waals surface area contributed by atoms with Crippen molar-refractivity contribution in [3.8, 4) is 0 Å². The summed E-state index contributed by atoms with van der Waals surface area (Å²) in [5.41, 5.74) is 6.80. The van der Waals surface area contributed by atoms with Crippen molar-refractivity contribution in [1.29, 1.82) is 0 Å². The molecule has 1 aromatic rings. The second-order valence-electron chi connectivity index (χ2n) is 4.81. The van der Waals surface area contributed by atoms with Gasteiger partial charge in [0.05, 0.1) is 5.56 Å². The highest BCUT2D eigenvalue weighted by atomic mass is 35.5. The van der Waals surface area contributed by atoms with E-state index in [2.05, 4.69) is 5.32 Å². The monoisotopic (exact) mass is 282 g/mol. The molecule has 1 atom stereocenters. The van der Waals surface area contributed by atoms with Gasteiger partial charge in [-0.15, -0.1) is 12.4 Å². The van der Waals surface area contributed by atoms with Crippen LogP contribution in [0.5, 0.6) is 0 Å². The van der Waals surface area contributed by atoms with Crippen molar-refractivity contribution in [3.63, 3.8) is 0 Å². The van der Waals surface area contributed by atoms with E-state index in [-0.39, 0.29) is 30.1 Å². The molecule has 1 unspecified atom stereocenters. The van der Waals surface area contributed by atoms with Crippen LogP contribution in [-0.2, 0) is 0 Å². The molecule has 0 aromatic heterocycles. The van der Waals surface area contributed by atoms with Gasteiger partial charge >= 0.3 is 0 Å². The van der Waals surface area contributed by atoms with Gasteiger partial charge in [0.2, 0.25) is 0 Å². The zero-order chi connectivity index (χ0) is 13.1. The van der Waals surface area contributed by atoms with Crippen LogP contribution in [0.15, 0.2) is 24.3 Å². The van der Waals surface area contributed by atoms with Gasteiger partial charge in [0.25, 0.3) is 5.91 Å². The summed E-state index contributed by atoms with van der Waals surface area (Å²) in [5.74, 6) is 0.220. The molecule has 0 aliphatic heterocycles. The molecule has 1 amide bonds. The first-order valence-corrected chi connectivity index (χ1v) is 6.23. The Morgan fingerprint density at radius 3 is 2.42 bits per heavy atom. The van der Waals surface area contributed by atoms with Crippen LogP contribution in [-0.4, -0.2) is 24.3 Å². The number of ketones is 1. The predicted octanol–water partition coefficient (Wildman–Crippen LogP) is 1.78. The molecular formula is C14H19ClN2O2. The Hall–Kier alpha value is -1.39. The van der Waals surface area contributed by atoms with Crippen molar-refractivity contribution in [2.45, 2.75) is 25.8 Å². The summed E-state index contributed by atoms with van der Waals surface area (Å²) in [7, 11) is 0. The molecule has 0 saturated heterocycles. The van der Waals surface area contributed by atoms with Crippen molar-refractivity contribution >= 4 is 24.1 Å². The number of rotatable bonds is 5. The van der Waals surface area contributed by atoms with E-state index in [4.69, 9.17) is 5.73 Å². The number of nitrogens with one attached hydrogen (secondary N) is 1. The highest BCUT2D eigenvalue weighted by Gasteiger charge is 2.28. The van der Waals surface area contributed by atoms with Crippen LogP contribution in [0.2, 0.25) is 0 Å². The lowest BCUT2D eigenvalue weighted by molar-refractivity contribution is 0.0936. The molecule has 0 bridgehead atoms. The van der Waals surface area contributed by atoms with Gasteiger partial charge in [0.1, 0.15) is 0 Å². The molecule has 4 nitrogen and oxygen atoms in total. The Morgan fingerprint density at radius 2 is 1.89 bits per heavy atom. The number of benzene rings is 1. The molecule has 0 heterocycles. The number of halogens is 1. The van der Waals surface area contributed by atoms with Gasteiger partial charge in [0, 0.05) is 18.2 Å². The molecule has 1 aliphatic rings. The molecule has 2 rings (SSSR count). The number of hydrogen-bond acceptors (Lipinski definition) is 3. The molecule has 19 heavy (non-hydrogen) atoms. The highest BCUT2D eigenvalue weighted by Crippen LogP contribution is 2.31. The SMILES string of the molecule is CC(=O)c1ccccc1C(=O)NCC(N)C1CC1.Cl. The molecule has 1 saturated carbocycles. The minimum absolute atomic E-state index is 0. The summed E-state index contributed by atoms with van der Waals surface area (Å²) >= 11 is 0. The maximum Gasteiger partial charge on any atom is 0.252 e. The maximum absolute atomic E-state index is 12.0. The maximum atomic E-state index is 12.0. The first kappa shape index (κ1) is 15.7. The summed E-state index contributed by atoms with van der Waals surface area (Å²) in [5, 5.41) is 2.80. The fraction of sp³-hybridized carbons (Fsp3) is 0.429. The third kappa shape index (κ3) is 4.04. The minimum atomic E-state index is -0.225. The number of carbonyl (C=O) groups is 2. The number of carbonyl (C=O) groups excluding carboxylic acids is 2. The van der Waals surface area contributed by atoms with E-state index < -0.39 is 0 Å². The van der Waals surface area contributed by atoms with Crippen molar-refractivity contribution in [3.05, 3.63) is 35.4 Å². The second-order valence-corrected chi connectivity index (χ2v) is 4.81. The van der Waals surface area contributed by atoms with E-state index in [1.54, 1.807) is 24.3 Å². The smallest absolute Gasteiger partial charge is 0.252 e. The molecule has 0 spiro atoms. The standard InChI is InChI=1S/C14H18N2O2.ClH/c1-9(17)11-4-2-3-5-12(11)14(18)16-8-13(15)10-6-7-10;/h2-5,10,13H,6-8,15H2,1H3,(H,16,18);1H. The second kappa shape index (κ2) is 6.68. The average molecular weight is 283 g/mol. The summed E-state index contributed by atoms with van der Waals surface area (Å²) < 4.78 is 0. The fourth-order valence-corrected chi connectivity index (χ4v) is 1.98. The number of Topliss-reactive ketones (excluding diaryl/α,β-unsaturated/α-hetero) is 1. The van der Waals surface area contributed by atoms with Gasteiger partial charge in [-0.25, -0.2) is 0 Å². The fourth-order valence-electron chi connectivity index (χ4n) is 1.98. The molecule has 1 aromatic carbocycles. The van der Waals surface area contributed by atoms with Crippen LogP contribution in [0.4, 0.5) is 0 Å². The van der Waals surface area contributed by atoms with E-state index >= 15 is 0 Å². The van der Waals surface area contributed by atoms with Crippen molar-refractivity contribution in [2.24, 2.45) is 11.7 Å². The first-order valence-electron chi connectivity index (χ1n) is 6.23. The number of amides is 1. The summed E-state index contributed by atoms with van der Waals surface area (Å²) in [6.07, 6.45) is 2.31. The van der Waals surface area contributed by atoms with Gasteiger partial charge < -0.3 is 11.1 Å². The summed E-state index contributed by atoms with van der Waals surface area (Å²) in [6.45, 7) is 1.93. The Labute approximate surface area is 119 Å². The molecular weight excluding hydrogens is 264 g/mol. The zero-order valence-electron chi connectivity index (χ0n) is 10.9. The van der Waals surface area contributed by atoms with Gasteiger partial charge in [0.15, 0.2) is 5.78 Å². The lowest BCUT2D eigenvalue weighted by atomic mass is 10.0. The lowest BCUT2D eigenvalue weighted by Gasteiger charge is -2.12. The molecule has 1 aliphatic carbocycles. The molecule has 0 radical (unpaired) electrons. The zero-order valence-corrected chi connectivity index (χ0v) is 11.7. The minimum Gasteiger partial charge on any atom is -0.350 e. The topological polar surface area (TPSA) is 72.2 Å². The largest absolute Gasteiger partial charge is 0.350 e. The Balaban J connectivity index is 0.00000180. The van der Waals surface area contributed by atoms with Crippen molar-refractivity contribution < 1.29 is 9.59 Å². The van der Waals surface area contributed by atoms with E-state index in [1.165, 1.54) is 6.92 Å². The van der Waals surface area contributed by atoms with Crippen LogP contribution >= 0.6 is 12.4 Å².